The van der Waals surface area contributed by atoms with E-state index in [-0.39, 0.29) is 4.90 Å². The molecule has 0 aromatic heterocycles. The Morgan fingerprint density at radius 2 is 1.76 bits per heavy atom. The van der Waals surface area contributed by atoms with E-state index in [1.165, 1.54) is 6.07 Å². The maximum absolute atomic E-state index is 12.5. The number of nitrogens with two attached hydrogens (primary N) is 1. The Bertz CT molecular complexity index is 778. The van der Waals surface area contributed by atoms with Gasteiger partial charge in [-0.1, -0.05) is 17.7 Å². The molecular formula is C15H17ClN2O2S. The molecule has 4 nitrogen and oxygen atoms in total. The molecule has 0 aliphatic heterocycles. The van der Waals surface area contributed by atoms with Crippen molar-refractivity contribution < 1.29 is 8.42 Å². The molecule has 0 saturated heterocycles. The Hall–Kier alpha value is -1.72. The molecule has 2 aromatic carbocycles. The Morgan fingerprint density at radius 3 is 2.38 bits per heavy atom. The molecule has 0 aliphatic carbocycles. The first-order valence-electron chi connectivity index (χ1n) is 6.37. The van der Waals surface area contributed by atoms with Crippen molar-refractivity contribution in [2.45, 2.75) is 25.7 Å². The molecule has 0 saturated carbocycles. The normalized spacial score (nSPS) is 11.4. The highest BCUT2D eigenvalue weighted by atomic mass is 35.5. The van der Waals surface area contributed by atoms with Gasteiger partial charge in [0.15, 0.2) is 0 Å². The topological polar surface area (TPSA) is 72.2 Å². The number of nitrogens with one attached hydrogen (secondary N) is 1. The number of rotatable bonds is 3. The number of benzene rings is 2. The molecule has 2 rings (SSSR count). The van der Waals surface area contributed by atoms with Crippen LogP contribution in [0.5, 0.6) is 0 Å². The van der Waals surface area contributed by atoms with Gasteiger partial charge in [-0.3, -0.25) is 4.72 Å². The molecule has 112 valence electrons. The van der Waals surface area contributed by atoms with Crippen molar-refractivity contribution in [1.82, 2.24) is 0 Å². The Balaban J connectivity index is 2.46. The summed E-state index contributed by atoms with van der Waals surface area (Å²) < 4.78 is 27.5. The molecule has 21 heavy (non-hydrogen) atoms. The fourth-order valence-corrected chi connectivity index (χ4v) is 3.35. The fourth-order valence-electron chi connectivity index (χ4n) is 1.93. The highest BCUT2D eigenvalue weighted by Gasteiger charge is 2.17. The highest BCUT2D eigenvalue weighted by Crippen LogP contribution is 2.27. The third-order valence-electron chi connectivity index (χ3n) is 3.50. The van der Waals surface area contributed by atoms with Crippen LogP contribution in [0, 0.1) is 20.8 Å². The summed E-state index contributed by atoms with van der Waals surface area (Å²) >= 11 is 6.01. The number of nitrogen functional groups attached to an aromatic ring is 1. The summed E-state index contributed by atoms with van der Waals surface area (Å²) in [7, 11) is -3.70. The zero-order chi connectivity index (χ0) is 15.8. The second kappa shape index (κ2) is 5.58. The Morgan fingerprint density at radius 1 is 1.10 bits per heavy atom. The van der Waals surface area contributed by atoms with Gasteiger partial charge in [-0.15, -0.1) is 0 Å². The third-order valence-corrected chi connectivity index (χ3v) is 5.26. The van der Waals surface area contributed by atoms with Gasteiger partial charge in [-0.25, -0.2) is 8.42 Å². The molecule has 0 fully saturated rings. The van der Waals surface area contributed by atoms with Crippen LogP contribution in [0.3, 0.4) is 0 Å². The average molecular weight is 325 g/mol. The number of sulfonamides is 1. The molecule has 0 spiro atoms. The summed E-state index contributed by atoms with van der Waals surface area (Å²) in [6.07, 6.45) is 0. The van der Waals surface area contributed by atoms with E-state index in [2.05, 4.69) is 4.72 Å². The Labute approximate surface area is 130 Å². The van der Waals surface area contributed by atoms with E-state index >= 15 is 0 Å². The number of aryl methyl sites for hydroxylation is 1. The maximum Gasteiger partial charge on any atom is 0.261 e. The molecule has 0 amide bonds. The molecule has 0 heterocycles. The molecule has 0 unspecified atom stereocenters. The highest BCUT2D eigenvalue weighted by molar-refractivity contribution is 7.92. The van der Waals surface area contributed by atoms with E-state index in [4.69, 9.17) is 17.3 Å². The van der Waals surface area contributed by atoms with Gasteiger partial charge in [0.2, 0.25) is 0 Å². The van der Waals surface area contributed by atoms with Gasteiger partial charge in [0.1, 0.15) is 0 Å². The van der Waals surface area contributed by atoms with Crippen LogP contribution in [0.1, 0.15) is 16.7 Å². The van der Waals surface area contributed by atoms with Crippen molar-refractivity contribution >= 4 is 33.0 Å². The van der Waals surface area contributed by atoms with Crippen molar-refractivity contribution in [2.24, 2.45) is 0 Å². The predicted octanol–water partition coefficient (Wildman–Crippen LogP) is 3.65. The van der Waals surface area contributed by atoms with Crippen LogP contribution in [0.25, 0.3) is 0 Å². The van der Waals surface area contributed by atoms with E-state index in [0.29, 0.717) is 22.0 Å². The standard InChI is InChI=1S/C15H17ClN2O2S/c1-9-7-12(8-14(17)10(9)2)21(19,20)18-15-6-4-5-13(16)11(15)3/h4-8,18H,17H2,1-3H3. The molecule has 2 aromatic rings. The lowest BCUT2D eigenvalue weighted by atomic mass is 10.1. The van der Waals surface area contributed by atoms with Crippen LogP contribution in [-0.4, -0.2) is 8.42 Å². The minimum Gasteiger partial charge on any atom is -0.398 e. The van der Waals surface area contributed by atoms with E-state index in [1.54, 1.807) is 31.2 Å². The second-order valence-corrected chi connectivity index (χ2v) is 7.06. The van der Waals surface area contributed by atoms with Gasteiger partial charge in [0.05, 0.1) is 10.6 Å². The minimum absolute atomic E-state index is 0.141. The monoisotopic (exact) mass is 324 g/mol. The summed E-state index contributed by atoms with van der Waals surface area (Å²) in [5, 5.41) is 0.509. The third kappa shape index (κ3) is 3.14. The first-order valence-corrected chi connectivity index (χ1v) is 8.23. The maximum atomic E-state index is 12.5. The van der Waals surface area contributed by atoms with Crippen molar-refractivity contribution in [3.05, 3.63) is 52.0 Å². The Kier molecular flexibility index (Phi) is 4.16. The average Bonchev–Trinajstić information content (AvgIpc) is 2.40. The smallest absolute Gasteiger partial charge is 0.261 e. The van der Waals surface area contributed by atoms with Crippen LogP contribution in [-0.2, 0) is 10.0 Å². The van der Waals surface area contributed by atoms with Gasteiger partial charge in [0.25, 0.3) is 10.0 Å². The van der Waals surface area contributed by atoms with Gasteiger partial charge < -0.3 is 5.73 Å². The van der Waals surface area contributed by atoms with E-state index in [1.807, 2.05) is 13.8 Å². The first-order chi connectivity index (χ1) is 9.72. The second-order valence-electron chi connectivity index (χ2n) is 4.97. The van der Waals surface area contributed by atoms with Gasteiger partial charge in [0, 0.05) is 10.7 Å². The minimum atomic E-state index is -3.70. The largest absolute Gasteiger partial charge is 0.398 e. The summed E-state index contributed by atoms with van der Waals surface area (Å²) in [5.41, 5.74) is 9.16. The van der Waals surface area contributed by atoms with E-state index in [0.717, 1.165) is 11.1 Å². The van der Waals surface area contributed by atoms with Crippen LogP contribution in [0.15, 0.2) is 35.2 Å². The van der Waals surface area contributed by atoms with Gasteiger partial charge in [-0.2, -0.15) is 0 Å². The number of anilines is 2. The van der Waals surface area contributed by atoms with Crippen LogP contribution in [0.2, 0.25) is 5.02 Å². The van der Waals surface area contributed by atoms with Gasteiger partial charge >= 0.3 is 0 Å². The molecule has 0 aliphatic rings. The first kappa shape index (κ1) is 15.7. The summed E-state index contributed by atoms with van der Waals surface area (Å²) in [6, 6.07) is 8.15. The zero-order valence-corrected chi connectivity index (χ0v) is 13.6. The lowest BCUT2D eigenvalue weighted by molar-refractivity contribution is 0.601. The van der Waals surface area contributed by atoms with Crippen molar-refractivity contribution in [1.29, 1.82) is 0 Å². The number of halogens is 1. The van der Waals surface area contributed by atoms with Gasteiger partial charge in [-0.05, 0) is 61.7 Å². The molecule has 0 radical (unpaired) electrons. The van der Waals surface area contributed by atoms with Crippen molar-refractivity contribution in [3.8, 4) is 0 Å². The zero-order valence-electron chi connectivity index (χ0n) is 12.1. The van der Waals surface area contributed by atoms with Crippen molar-refractivity contribution in [2.75, 3.05) is 10.5 Å². The van der Waals surface area contributed by atoms with Crippen LogP contribution in [0.4, 0.5) is 11.4 Å². The number of hydrogen-bond acceptors (Lipinski definition) is 3. The summed E-state index contributed by atoms with van der Waals surface area (Å²) in [4.78, 5) is 0.141. The SMILES string of the molecule is Cc1cc(S(=O)(=O)Nc2cccc(Cl)c2C)cc(N)c1C. The molecule has 3 N–H and O–H groups in total. The number of hydrogen-bond donors (Lipinski definition) is 2. The molecular weight excluding hydrogens is 308 g/mol. The van der Waals surface area contributed by atoms with Crippen molar-refractivity contribution in [3.63, 3.8) is 0 Å². The lowest BCUT2D eigenvalue weighted by Gasteiger charge is -2.13. The van der Waals surface area contributed by atoms with E-state index in [9.17, 15) is 8.42 Å². The fraction of sp³-hybridized carbons (Fsp3) is 0.200. The molecule has 0 bridgehead atoms. The van der Waals surface area contributed by atoms with Crippen LogP contribution >= 0.6 is 11.6 Å². The molecule has 6 heteroatoms. The van der Waals surface area contributed by atoms with E-state index < -0.39 is 10.0 Å². The molecule has 0 atom stereocenters. The lowest BCUT2D eigenvalue weighted by Crippen LogP contribution is -2.14. The van der Waals surface area contributed by atoms with Crippen LogP contribution < -0.4 is 10.5 Å². The predicted molar refractivity (Wildman–Crippen MR) is 87.3 cm³/mol. The summed E-state index contributed by atoms with van der Waals surface area (Å²) in [5.74, 6) is 0. The summed E-state index contributed by atoms with van der Waals surface area (Å²) in [6.45, 7) is 5.44. The quantitative estimate of drug-likeness (QED) is 0.846.